The third-order valence-corrected chi connectivity index (χ3v) is 6.35. The van der Waals surface area contributed by atoms with Crippen molar-refractivity contribution in [3.05, 3.63) is 57.5 Å². The number of carbonyl (C=O) groups excluding carboxylic acids is 2. The number of hydrogen-bond donors (Lipinski definition) is 3. The van der Waals surface area contributed by atoms with Crippen molar-refractivity contribution in [2.45, 2.75) is 26.5 Å². The minimum absolute atomic E-state index is 0.158. The zero-order valence-electron chi connectivity index (χ0n) is 18.4. The Bertz CT molecular complexity index is 984. The molecule has 2 atom stereocenters. The lowest BCUT2D eigenvalue weighted by atomic mass is 9.94. The van der Waals surface area contributed by atoms with Crippen LogP contribution in [0.1, 0.15) is 26.3 Å². The smallest absolute Gasteiger partial charge is 0.329 e. The van der Waals surface area contributed by atoms with Crippen molar-refractivity contribution in [1.82, 2.24) is 10.2 Å². The second kappa shape index (κ2) is 10.2. The van der Waals surface area contributed by atoms with E-state index in [-0.39, 0.29) is 11.5 Å². The molecule has 3 rings (SSSR count). The number of fused-ring (bicyclic) bond motifs is 1. The van der Waals surface area contributed by atoms with Gasteiger partial charge in [-0.3, -0.25) is 9.69 Å². The maximum Gasteiger partial charge on any atom is 0.329 e. The first kappa shape index (κ1) is 24.5. The van der Waals surface area contributed by atoms with E-state index in [0.29, 0.717) is 27.4 Å². The molecule has 0 aliphatic carbocycles. The molecule has 0 saturated heterocycles. The lowest BCUT2D eigenvalue weighted by molar-refractivity contribution is -0.140. The molecular formula is C23H28BrClN4O3. The van der Waals surface area contributed by atoms with E-state index in [2.05, 4.69) is 45.3 Å². The van der Waals surface area contributed by atoms with Crippen molar-refractivity contribution in [2.24, 2.45) is 5.92 Å². The number of amides is 3. The van der Waals surface area contributed by atoms with Gasteiger partial charge in [-0.15, -0.1) is 0 Å². The topological polar surface area (TPSA) is 84.9 Å². The number of urea groups is 1. The fourth-order valence-corrected chi connectivity index (χ4v) is 4.33. The zero-order chi connectivity index (χ0) is 23.5. The van der Waals surface area contributed by atoms with Gasteiger partial charge in [0.1, 0.15) is 0 Å². The molecule has 3 amide bonds. The van der Waals surface area contributed by atoms with E-state index >= 15 is 0 Å². The van der Waals surface area contributed by atoms with E-state index < -0.39 is 17.7 Å². The number of halogens is 2. The van der Waals surface area contributed by atoms with Gasteiger partial charge in [0.2, 0.25) is 0 Å². The molecule has 0 bridgehead atoms. The number of nitrogens with zero attached hydrogens (tertiary/aromatic N) is 2. The Morgan fingerprint density at radius 3 is 2.53 bits per heavy atom. The van der Waals surface area contributed by atoms with Gasteiger partial charge in [0, 0.05) is 33.8 Å². The highest BCUT2D eigenvalue weighted by Crippen LogP contribution is 2.41. The number of anilines is 2. The third kappa shape index (κ3) is 4.93. The summed E-state index contributed by atoms with van der Waals surface area (Å²) in [7, 11) is 0. The summed E-state index contributed by atoms with van der Waals surface area (Å²) in [5, 5.41) is 17.9. The van der Waals surface area contributed by atoms with E-state index in [4.69, 9.17) is 11.6 Å². The number of hydrogen-bond acceptors (Lipinski definition) is 4. The van der Waals surface area contributed by atoms with Gasteiger partial charge in [0.25, 0.3) is 11.6 Å². The monoisotopic (exact) mass is 522 g/mol. The molecule has 0 fully saturated rings. The van der Waals surface area contributed by atoms with Gasteiger partial charge in [-0.05, 0) is 61.5 Å². The van der Waals surface area contributed by atoms with Crippen LogP contribution < -0.4 is 15.5 Å². The summed E-state index contributed by atoms with van der Waals surface area (Å²) in [6.45, 7) is 9.24. The van der Waals surface area contributed by atoms with E-state index in [0.717, 1.165) is 24.5 Å². The van der Waals surface area contributed by atoms with Crippen molar-refractivity contribution < 1.29 is 14.7 Å². The standard InChI is InChI=1S/C23H28BrClN4O3/c1-4-28(5-2)14-15(3)13-26-21(30)23(32)19-12-16(24)6-11-20(19)27-22(31)29(23)18-9-7-17(25)8-10-18/h6-12,15,32H,4-5,13-14H2,1-3H3,(H,26,30)(H,27,31). The average molecular weight is 524 g/mol. The van der Waals surface area contributed by atoms with Gasteiger partial charge in [0.15, 0.2) is 0 Å². The van der Waals surface area contributed by atoms with Gasteiger partial charge >= 0.3 is 6.03 Å². The van der Waals surface area contributed by atoms with E-state index in [1.165, 1.54) is 0 Å². The molecule has 2 aromatic rings. The van der Waals surface area contributed by atoms with Crippen LogP contribution in [0.3, 0.4) is 0 Å². The summed E-state index contributed by atoms with van der Waals surface area (Å²) in [6, 6.07) is 10.8. The van der Waals surface area contributed by atoms with Crippen LogP contribution in [-0.4, -0.2) is 48.1 Å². The van der Waals surface area contributed by atoms with Crippen LogP contribution in [0.4, 0.5) is 16.2 Å². The molecule has 1 aliphatic heterocycles. The molecule has 9 heteroatoms. The molecule has 32 heavy (non-hydrogen) atoms. The molecule has 2 unspecified atom stereocenters. The lowest BCUT2D eigenvalue weighted by Crippen LogP contribution is -2.63. The Kier molecular flexibility index (Phi) is 7.82. The Balaban J connectivity index is 1.97. The van der Waals surface area contributed by atoms with Crippen molar-refractivity contribution >= 4 is 50.8 Å². The molecule has 172 valence electrons. The van der Waals surface area contributed by atoms with Crippen molar-refractivity contribution in [3.8, 4) is 0 Å². The summed E-state index contributed by atoms with van der Waals surface area (Å²) in [5.41, 5.74) is -1.26. The highest BCUT2D eigenvalue weighted by atomic mass is 79.9. The summed E-state index contributed by atoms with van der Waals surface area (Å²) in [5.74, 6) is -0.515. The van der Waals surface area contributed by atoms with E-state index in [9.17, 15) is 14.7 Å². The number of benzene rings is 2. The van der Waals surface area contributed by atoms with Crippen LogP contribution in [0.25, 0.3) is 0 Å². The lowest BCUT2D eigenvalue weighted by Gasteiger charge is -2.43. The average Bonchev–Trinajstić information content (AvgIpc) is 2.77. The third-order valence-electron chi connectivity index (χ3n) is 5.60. The molecule has 0 spiro atoms. The predicted molar refractivity (Wildman–Crippen MR) is 131 cm³/mol. The Labute approximate surface area is 201 Å². The normalized spacial score (nSPS) is 18.8. The highest BCUT2D eigenvalue weighted by molar-refractivity contribution is 9.10. The number of nitrogens with one attached hydrogen (secondary N) is 2. The van der Waals surface area contributed by atoms with Crippen LogP contribution in [-0.2, 0) is 10.5 Å². The molecule has 0 aromatic heterocycles. The Hall–Kier alpha value is -2.13. The number of rotatable bonds is 8. The SMILES string of the molecule is CCN(CC)CC(C)CNC(=O)C1(O)c2cc(Br)ccc2NC(=O)N1c1ccc(Cl)cc1. The molecule has 1 aliphatic rings. The highest BCUT2D eigenvalue weighted by Gasteiger charge is 2.52. The Morgan fingerprint density at radius 2 is 1.91 bits per heavy atom. The minimum atomic E-state index is -2.25. The molecule has 7 nitrogen and oxygen atoms in total. The number of carbonyl (C=O) groups is 2. The van der Waals surface area contributed by atoms with E-state index in [1.54, 1.807) is 42.5 Å². The van der Waals surface area contributed by atoms with Gasteiger partial charge in [-0.1, -0.05) is 48.3 Å². The molecule has 2 aromatic carbocycles. The summed E-state index contributed by atoms with van der Waals surface area (Å²) in [4.78, 5) is 29.8. The summed E-state index contributed by atoms with van der Waals surface area (Å²) >= 11 is 9.40. The largest absolute Gasteiger partial charge is 0.359 e. The minimum Gasteiger partial charge on any atom is -0.359 e. The van der Waals surface area contributed by atoms with Crippen LogP contribution in [0.5, 0.6) is 0 Å². The maximum absolute atomic E-state index is 13.5. The van der Waals surface area contributed by atoms with Gasteiger partial charge in [-0.25, -0.2) is 4.79 Å². The summed E-state index contributed by atoms with van der Waals surface area (Å²) < 4.78 is 0.671. The number of aliphatic hydroxyl groups is 1. The maximum atomic E-state index is 13.5. The van der Waals surface area contributed by atoms with Crippen LogP contribution in [0.2, 0.25) is 5.02 Å². The van der Waals surface area contributed by atoms with Crippen molar-refractivity contribution in [1.29, 1.82) is 0 Å². The Morgan fingerprint density at radius 1 is 1.25 bits per heavy atom. The van der Waals surface area contributed by atoms with Crippen molar-refractivity contribution in [3.63, 3.8) is 0 Å². The van der Waals surface area contributed by atoms with Gasteiger partial charge in [0.05, 0.1) is 5.69 Å². The fourth-order valence-electron chi connectivity index (χ4n) is 3.85. The van der Waals surface area contributed by atoms with Crippen LogP contribution >= 0.6 is 27.5 Å². The van der Waals surface area contributed by atoms with Gasteiger partial charge in [-0.2, -0.15) is 0 Å². The van der Waals surface area contributed by atoms with Gasteiger partial charge < -0.3 is 20.6 Å². The second-order valence-corrected chi connectivity index (χ2v) is 9.26. The fraction of sp³-hybridized carbons (Fsp3) is 0.391. The van der Waals surface area contributed by atoms with Crippen LogP contribution in [0, 0.1) is 5.92 Å². The first-order valence-electron chi connectivity index (χ1n) is 10.6. The first-order valence-corrected chi connectivity index (χ1v) is 11.8. The molecule has 0 radical (unpaired) electrons. The molecule has 1 heterocycles. The first-order chi connectivity index (χ1) is 15.2. The zero-order valence-corrected chi connectivity index (χ0v) is 20.7. The predicted octanol–water partition coefficient (Wildman–Crippen LogP) is 4.39. The molecular weight excluding hydrogens is 496 g/mol. The molecule has 3 N–H and O–H groups in total. The molecule has 0 saturated carbocycles. The summed E-state index contributed by atoms with van der Waals surface area (Å²) in [6.07, 6.45) is 0. The van der Waals surface area contributed by atoms with Crippen molar-refractivity contribution in [2.75, 3.05) is 36.4 Å². The van der Waals surface area contributed by atoms with Crippen LogP contribution in [0.15, 0.2) is 46.9 Å². The van der Waals surface area contributed by atoms with E-state index in [1.807, 2.05) is 6.92 Å². The second-order valence-electron chi connectivity index (χ2n) is 7.91. The quantitative estimate of drug-likeness (QED) is 0.479.